The van der Waals surface area contributed by atoms with Crippen LogP contribution in [0.3, 0.4) is 0 Å². The third kappa shape index (κ3) is 0.787. The van der Waals surface area contributed by atoms with E-state index in [0.717, 1.165) is 5.57 Å². The first-order chi connectivity index (χ1) is 3.34. The van der Waals surface area contributed by atoms with Crippen LogP contribution in [0.1, 0.15) is 13.3 Å². The van der Waals surface area contributed by atoms with E-state index in [-0.39, 0.29) is 5.78 Å². The minimum absolute atomic E-state index is 0.248. The van der Waals surface area contributed by atoms with Crippen molar-refractivity contribution in [3.63, 3.8) is 0 Å². The third-order valence-electron chi connectivity index (χ3n) is 0.867. The Bertz CT molecular complexity index is 159. The van der Waals surface area contributed by atoms with Crippen molar-refractivity contribution in [1.82, 2.24) is 0 Å². The van der Waals surface area contributed by atoms with Crippen LogP contribution in [0.2, 0.25) is 0 Å². The molecule has 0 aliphatic heterocycles. The van der Waals surface area contributed by atoms with Crippen molar-refractivity contribution in [2.75, 3.05) is 0 Å². The molecule has 7 heavy (non-hydrogen) atoms. The fourth-order valence-electron chi connectivity index (χ4n) is 0.422. The van der Waals surface area contributed by atoms with E-state index < -0.39 is 0 Å². The average molecular weight is 94.1 g/mol. The van der Waals surface area contributed by atoms with Crippen LogP contribution in [0, 0.1) is 0 Å². The van der Waals surface area contributed by atoms with Crippen LogP contribution in [0.15, 0.2) is 17.4 Å². The smallest absolute Gasteiger partial charge is 0.172 e. The van der Waals surface area contributed by atoms with Gasteiger partial charge >= 0.3 is 0 Å². The first-order valence-corrected chi connectivity index (χ1v) is 2.28. The van der Waals surface area contributed by atoms with Gasteiger partial charge in [0.1, 0.15) is 0 Å². The second-order valence-electron chi connectivity index (χ2n) is 1.51. The molecule has 0 bridgehead atoms. The highest BCUT2D eigenvalue weighted by Gasteiger charge is 2.24. The first kappa shape index (κ1) is 4.35. The predicted molar refractivity (Wildman–Crippen MR) is 26.9 cm³/mol. The Hall–Kier alpha value is -0.810. The summed E-state index contributed by atoms with van der Waals surface area (Å²) in [5.74, 6) is 0.248. The first-order valence-electron chi connectivity index (χ1n) is 2.28. The molecule has 0 heterocycles. The Morgan fingerprint density at radius 2 is 2.43 bits per heavy atom. The fraction of sp³-hybridized carbons (Fsp3) is 0.333. The van der Waals surface area contributed by atoms with E-state index in [2.05, 4.69) is 5.73 Å². The number of hydrogen-bond acceptors (Lipinski definition) is 1. The molecule has 1 aliphatic rings. The second kappa shape index (κ2) is 1.36. The topological polar surface area (TPSA) is 17.1 Å². The van der Waals surface area contributed by atoms with Gasteiger partial charge in [-0.05, 0) is 13.0 Å². The van der Waals surface area contributed by atoms with E-state index in [0.29, 0.717) is 6.42 Å². The molecule has 0 aromatic rings. The molecule has 1 nitrogen and oxygen atoms in total. The van der Waals surface area contributed by atoms with Crippen molar-refractivity contribution >= 4 is 5.78 Å². The van der Waals surface area contributed by atoms with Crippen LogP contribution in [0.5, 0.6) is 0 Å². The summed E-state index contributed by atoms with van der Waals surface area (Å²) in [6.45, 7) is 1.86. The molecule has 1 fully saturated rings. The van der Waals surface area contributed by atoms with Gasteiger partial charge in [0.05, 0.1) is 0 Å². The molecule has 0 spiro atoms. The molecule has 0 N–H and O–H groups in total. The monoisotopic (exact) mass is 94.0 g/mol. The molecule has 1 heteroatoms. The van der Waals surface area contributed by atoms with Crippen LogP contribution in [-0.4, -0.2) is 5.78 Å². The molecule has 0 saturated heterocycles. The van der Waals surface area contributed by atoms with Gasteiger partial charge in [-0.3, -0.25) is 4.79 Å². The Kier molecular flexibility index (Phi) is 0.844. The highest BCUT2D eigenvalue weighted by atomic mass is 16.1. The van der Waals surface area contributed by atoms with Crippen LogP contribution < -0.4 is 0 Å². The molecule has 36 valence electrons. The van der Waals surface area contributed by atoms with Crippen molar-refractivity contribution < 1.29 is 4.79 Å². The van der Waals surface area contributed by atoms with Gasteiger partial charge in [0.25, 0.3) is 0 Å². The van der Waals surface area contributed by atoms with Gasteiger partial charge in [0, 0.05) is 12.0 Å². The van der Waals surface area contributed by atoms with Gasteiger partial charge in [-0.15, -0.1) is 5.73 Å². The molecular formula is C6H6O. The molecule has 1 saturated carbocycles. The van der Waals surface area contributed by atoms with E-state index >= 15 is 0 Å². The number of allylic oxidation sites excluding steroid dienone is 1. The van der Waals surface area contributed by atoms with E-state index in [1.165, 1.54) is 0 Å². The Labute approximate surface area is 42.3 Å². The summed E-state index contributed by atoms with van der Waals surface area (Å²) in [6, 6.07) is 0. The largest absolute Gasteiger partial charge is 0.293 e. The molecule has 1 aliphatic carbocycles. The highest BCUT2D eigenvalue weighted by Crippen LogP contribution is 2.19. The molecule has 0 atom stereocenters. The lowest BCUT2D eigenvalue weighted by molar-refractivity contribution is -0.108. The molecule has 1 rings (SSSR count). The summed E-state index contributed by atoms with van der Waals surface area (Å²) in [5, 5.41) is 0. The average Bonchev–Trinajstić information content (AvgIpc) is 2.22. The van der Waals surface area contributed by atoms with E-state index in [9.17, 15) is 4.79 Å². The van der Waals surface area contributed by atoms with Crippen molar-refractivity contribution in [2.45, 2.75) is 13.3 Å². The normalized spacial score (nSPS) is 16.1. The van der Waals surface area contributed by atoms with E-state index in [1.54, 1.807) is 6.08 Å². The number of rotatable bonds is 0. The summed E-state index contributed by atoms with van der Waals surface area (Å²) in [6.07, 6.45) is 2.41. The van der Waals surface area contributed by atoms with Gasteiger partial charge in [-0.25, -0.2) is 0 Å². The minimum Gasteiger partial charge on any atom is -0.293 e. The summed E-state index contributed by atoms with van der Waals surface area (Å²) in [7, 11) is 0. The maximum atomic E-state index is 10.2. The lowest BCUT2D eigenvalue weighted by atomic mass is 10.6. The standard InChI is InChI=1S/C6H6O/c1-2-3-5-4-6(5)7/h2H,4H2,1H3. The Balaban J connectivity index is 2.79. The molecule has 0 unspecified atom stereocenters. The Morgan fingerprint density at radius 3 is 2.57 bits per heavy atom. The van der Waals surface area contributed by atoms with Crippen LogP contribution in [-0.2, 0) is 4.79 Å². The van der Waals surface area contributed by atoms with E-state index in [1.807, 2.05) is 6.92 Å². The summed E-state index contributed by atoms with van der Waals surface area (Å²) < 4.78 is 0. The van der Waals surface area contributed by atoms with Crippen LogP contribution in [0.4, 0.5) is 0 Å². The molecule has 0 aromatic carbocycles. The number of hydrogen-bond donors (Lipinski definition) is 0. The molecule has 0 radical (unpaired) electrons. The van der Waals surface area contributed by atoms with E-state index in [4.69, 9.17) is 0 Å². The van der Waals surface area contributed by atoms with Gasteiger partial charge in [-0.2, -0.15) is 0 Å². The molecule has 0 amide bonds. The molecular weight excluding hydrogens is 88.1 g/mol. The fourth-order valence-corrected chi connectivity index (χ4v) is 0.422. The second-order valence-corrected chi connectivity index (χ2v) is 1.51. The third-order valence-corrected chi connectivity index (χ3v) is 0.867. The number of ketones is 1. The van der Waals surface area contributed by atoms with Gasteiger partial charge in [-0.1, -0.05) is 0 Å². The van der Waals surface area contributed by atoms with Gasteiger partial charge in [0.15, 0.2) is 5.78 Å². The zero-order chi connectivity index (χ0) is 5.28. The number of Topliss-reactive ketones (excluding diaryl/α,β-unsaturated/α-hetero) is 1. The quantitative estimate of drug-likeness (QED) is 0.324. The number of carbonyl (C=O) groups excluding carboxylic acids is 1. The SMILES string of the molecule is CC=C=C1CC1=O. The van der Waals surface area contributed by atoms with Gasteiger partial charge < -0.3 is 0 Å². The zero-order valence-corrected chi connectivity index (χ0v) is 4.19. The highest BCUT2D eigenvalue weighted by molar-refractivity contribution is 6.13. The zero-order valence-electron chi connectivity index (χ0n) is 4.19. The van der Waals surface area contributed by atoms with Crippen LogP contribution in [0.25, 0.3) is 0 Å². The summed E-state index contributed by atoms with van der Waals surface area (Å²) in [5.41, 5.74) is 3.66. The summed E-state index contributed by atoms with van der Waals surface area (Å²) >= 11 is 0. The minimum atomic E-state index is 0.248. The lowest BCUT2D eigenvalue weighted by Gasteiger charge is -1.50. The Morgan fingerprint density at radius 1 is 1.86 bits per heavy atom. The van der Waals surface area contributed by atoms with Crippen LogP contribution >= 0.6 is 0 Å². The summed E-state index contributed by atoms with van der Waals surface area (Å²) in [4.78, 5) is 10.2. The predicted octanol–water partition coefficient (Wildman–Crippen LogP) is 1.06. The molecule has 0 aromatic heterocycles. The van der Waals surface area contributed by atoms with Crippen molar-refractivity contribution in [3.05, 3.63) is 17.4 Å². The van der Waals surface area contributed by atoms with Gasteiger partial charge in [0.2, 0.25) is 0 Å². The lowest BCUT2D eigenvalue weighted by Crippen LogP contribution is -1.50. The number of carbonyl (C=O) groups is 1. The van der Waals surface area contributed by atoms with Crippen molar-refractivity contribution in [1.29, 1.82) is 0 Å². The van der Waals surface area contributed by atoms with Crippen molar-refractivity contribution in [2.24, 2.45) is 0 Å². The maximum absolute atomic E-state index is 10.2. The maximum Gasteiger partial charge on any atom is 0.172 e. The van der Waals surface area contributed by atoms with Crippen molar-refractivity contribution in [3.8, 4) is 0 Å².